The van der Waals surface area contributed by atoms with E-state index in [1.165, 1.54) is 6.92 Å². The summed E-state index contributed by atoms with van der Waals surface area (Å²) >= 11 is 0. The topological polar surface area (TPSA) is 242 Å². The van der Waals surface area contributed by atoms with E-state index in [0.717, 1.165) is 11.3 Å². The fourth-order valence-electron chi connectivity index (χ4n) is 8.75. The summed E-state index contributed by atoms with van der Waals surface area (Å²) in [6.07, 6.45) is -1.93. The molecule has 324 valence electrons. The van der Waals surface area contributed by atoms with Crippen LogP contribution in [0.5, 0.6) is 0 Å². The van der Waals surface area contributed by atoms with Gasteiger partial charge in [0.15, 0.2) is 18.2 Å². The Labute approximate surface area is 341 Å². The number of ether oxygens (including phenoxy) is 5. The number of aromatic nitrogens is 3. The van der Waals surface area contributed by atoms with Crippen molar-refractivity contribution in [1.82, 2.24) is 25.2 Å². The first-order chi connectivity index (χ1) is 27.5. The second-order valence-corrected chi connectivity index (χ2v) is 16.8. The first kappa shape index (κ1) is 45.4. The van der Waals surface area contributed by atoms with Crippen LogP contribution in [0.4, 0.5) is 10.5 Å². The Morgan fingerprint density at radius 1 is 1.07 bits per heavy atom. The van der Waals surface area contributed by atoms with Crippen molar-refractivity contribution in [3.8, 4) is 11.3 Å². The normalized spacial score (nSPS) is 36.8. The van der Waals surface area contributed by atoms with E-state index in [4.69, 9.17) is 40.9 Å². The number of anilines is 1. The number of aliphatic hydroxyl groups excluding tert-OH is 1. The highest BCUT2D eigenvalue weighted by Gasteiger charge is 2.52. The number of nitrogens with two attached hydrogens (primary N) is 3. The number of unbranched alkanes of at least 4 members (excludes halogenated alkanes) is 1. The average molecular weight is 815 g/mol. The minimum Gasteiger partial charge on any atom is -0.458 e. The van der Waals surface area contributed by atoms with Crippen molar-refractivity contribution in [2.24, 2.45) is 35.1 Å². The molecule has 0 bridgehead atoms. The lowest BCUT2D eigenvalue weighted by Crippen LogP contribution is -2.62. The minimum atomic E-state index is -1.20. The third-order valence-electron chi connectivity index (χ3n) is 12.5. The summed E-state index contributed by atoms with van der Waals surface area (Å²) in [5.41, 5.74) is 19.5. The van der Waals surface area contributed by atoms with Crippen LogP contribution in [0.2, 0.25) is 0 Å². The summed E-state index contributed by atoms with van der Waals surface area (Å²) in [5.74, 6) is -3.56. The zero-order chi connectivity index (χ0) is 42.5. The van der Waals surface area contributed by atoms with Gasteiger partial charge in [-0.2, -0.15) is 0 Å². The number of nitrogens with zero attached hydrogens (tertiary/aromatic N) is 4. The first-order valence-electron chi connectivity index (χ1n) is 20.7. The molecule has 58 heavy (non-hydrogen) atoms. The second-order valence-electron chi connectivity index (χ2n) is 16.8. The smallest absolute Gasteiger partial charge is 0.410 e. The molecule has 3 unspecified atom stereocenters. The van der Waals surface area contributed by atoms with Crippen LogP contribution in [0.1, 0.15) is 74.1 Å². The maximum Gasteiger partial charge on any atom is 0.410 e. The molecule has 1 aromatic heterocycles. The lowest BCUT2D eigenvalue weighted by Gasteiger charge is -2.47. The molecule has 1 aromatic carbocycles. The lowest BCUT2D eigenvalue weighted by atomic mass is 9.78. The van der Waals surface area contributed by atoms with Gasteiger partial charge in [0, 0.05) is 61.9 Å². The van der Waals surface area contributed by atoms with E-state index in [1.54, 1.807) is 23.6 Å². The van der Waals surface area contributed by atoms with Crippen molar-refractivity contribution in [3.05, 3.63) is 30.5 Å². The summed E-state index contributed by atoms with van der Waals surface area (Å²) in [6, 6.07) is 6.02. The average Bonchev–Trinajstić information content (AvgIpc) is 3.82. The zero-order valence-electron chi connectivity index (χ0n) is 35.3. The number of nitrogen functional groups attached to an aromatic ring is 1. The van der Waals surface area contributed by atoms with Crippen molar-refractivity contribution < 1.29 is 43.2 Å². The third kappa shape index (κ3) is 10.00. The maximum atomic E-state index is 14.3. The standard InChI is InChI=1S/C41H66N8O9/c1-9-30-36-33(49(40(53)57-36)16-11-10-15-48-21-29(46-47-48)27-13-12-14-28(43)17-27)26(6)45-20-22(2)18-41(7,54-8)37(24(4)34(50)25(5)38(52)55-30)58-39-35(51)32(44)23(3)31(19-42)56-39/h12-14,17,21-26,30-33,35-37,39,45,51H,9-11,15-16,18-20,42-44H2,1-8H3/t22-,23+,24+,25-,26-,30-,31?,32?,33-,35?,36-,37-,39+,41-/m1/s1. The molecule has 3 fully saturated rings. The number of amides is 1. The van der Waals surface area contributed by atoms with Crippen molar-refractivity contribution >= 4 is 23.5 Å². The molecule has 3 aliphatic rings. The van der Waals surface area contributed by atoms with Crippen LogP contribution < -0.4 is 22.5 Å². The largest absolute Gasteiger partial charge is 0.458 e. The molecule has 0 saturated carbocycles. The number of benzene rings is 1. The number of aryl methyl sites for hydroxylation is 1. The number of hydrogen-bond donors (Lipinski definition) is 5. The number of fused-ring (bicyclic) bond motifs is 1. The molecule has 17 nitrogen and oxygen atoms in total. The second kappa shape index (κ2) is 19.6. The molecule has 8 N–H and O–H groups in total. The van der Waals surface area contributed by atoms with Gasteiger partial charge in [0.25, 0.3) is 0 Å². The van der Waals surface area contributed by atoms with Crippen LogP contribution in [-0.4, -0.2) is 130 Å². The Kier molecular flexibility index (Phi) is 15.3. The summed E-state index contributed by atoms with van der Waals surface area (Å²) < 4.78 is 32.7. The summed E-state index contributed by atoms with van der Waals surface area (Å²) in [6.45, 7) is 14.5. The highest BCUT2D eigenvalue weighted by molar-refractivity contribution is 6.00. The number of carbonyl (C=O) groups excluding carboxylic acids is 3. The maximum absolute atomic E-state index is 14.3. The number of cyclic esters (lactones) is 1. The molecule has 0 spiro atoms. The van der Waals surface area contributed by atoms with Crippen LogP contribution in [0, 0.1) is 23.7 Å². The molecule has 3 aliphatic heterocycles. The fourth-order valence-corrected chi connectivity index (χ4v) is 8.75. The SMILES string of the molecule is CC[C@H]1OC(=O)[C@H](C)C(=O)[C@H](C)[C@@H](O[C@@H]2OC(CN)[C@H](C)C(N)C2O)[C@](C)(OC)C[C@@H](C)CN[C@H](C)[C@@H]2[C@@H]1OC(=O)N2CCCCn1cc(-c2cccc(N)c2)nn1. The number of nitrogens with one attached hydrogen (secondary N) is 1. The van der Waals surface area contributed by atoms with E-state index in [2.05, 4.69) is 22.6 Å². The van der Waals surface area contributed by atoms with Gasteiger partial charge in [0.1, 0.15) is 23.8 Å². The van der Waals surface area contributed by atoms with Gasteiger partial charge in [0.05, 0.1) is 30.0 Å². The van der Waals surface area contributed by atoms with Crippen LogP contribution in [0.3, 0.4) is 0 Å². The van der Waals surface area contributed by atoms with Crippen LogP contribution >= 0.6 is 0 Å². The summed E-state index contributed by atoms with van der Waals surface area (Å²) in [4.78, 5) is 43.4. The van der Waals surface area contributed by atoms with Crippen LogP contribution in [0.15, 0.2) is 30.5 Å². The Morgan fingerprint density at radius 3 is 2.47 bits per heavy atom. The lowest BCUT2D eigenvalue weighted by molar-refractivity contribution is -0.298. The van der Waals surface area contributed by atoms with E-state index < -0.39 is 84.2 Å². The van der Waals surface area contributed by atoms with Crippen LogP contribution in [-0.2, 0) is 39.8 Å². The van der Waals surface area contributed by atoms with E-state index in [9.17, 15) is 19.5 Å². The van der Waals surface area contributed by atoms with E-state index in [1.807, 2.05) is 58.2 Å². The fraction of sp³-hybridized carbons (Fsp3) is 0.732. The summed E-state index contributed by atoms with van der Waals surface area (Å²) in [7, 11) is 1.55. The molecule has 17 heteroatoms. The zero-order valence-corrected chi connectivity index (χ0v) is 35.3. The van der Waals surface area contributed by atoms with Gasteiger partial charge in [-0.1, -0.05) is 45.0 Å². The van der Waals surface area contributed by atoms with Gasteiger partial charge < -0.3 is 51.3 Å². The van der Waals surface area contributed by atoms with E-state index >= 15 is 0 Å². The Hall–Kier alpha value is -3.71. The van der Waals surface area contributed by atoms with Crippen LogP contribution in [0.25, 0.3) is 11.3 Å². The molecule has 3 saturated heterocycles. The molecule has 4 heterocycles. The predicted octanol–water partition coefficient (Wildman–Crippen LogP) is 2.48. The molecule has 2 aromatic rings. The Balaban J connectivity index is 1.35. The number of carbonyl (C=O) groups is 3. The number of Topliss-reactive ketones (excluding diaryl/α,β-unsaturated/α-hetero) is 1. The van der Waals surface area contributed by atoms with Gasteiger partial charge in [-0.3, -0.25) is 19.2 Å². The Bertz CT molecular complexity index is 1700. The molecule has 5 rings (SSSR count). The molecule has 0 radical (unpaired) electrons. The summed E-state index contributed by atoms with van der Waals surface area (Å²) in [5, 5.41) is 23.4. The highest BCUT2D eigenvalue weighted by atomic mass is 16.7. The minimum absolute atomic E-state index is 0.0377. The molecule has 0 aliphatic carbocycles. The van der Waals surface area contributed by atoms with Gasteiger partial charge in [0.2, 0.25) is 0 Å². The molecule has 1 amide bonds. The third-order valence-corrected chi connectivity index (χ3v) is 12.5. The number of methoxy groups -OCH3 is 1. The number of rotatable bonds is 11. The van der Waals surface area contributed by atoms with Gasteiger partial charge in [-0.05, 0) is 71.0 Å². The molecular weight excluding hydrogens is 748 g/mol. The number of hydrogen-bond acceptors (Lipinski definition) is 15. The van der Waals surface area contributed by atoms with Gasteiger partial charge in [-0.15, -0.1) is 5.10 Å². The van der Waals surface area contributed by atoms with E-state index in [-0.39, 0.29) is 24.4 Å². The molecule has 14 atom stereocenters. The number of esters is 1. The van der Waals surface area contributed by atoms with Gasteiger partial charge in [-0.25, -0.2) is 4.79 Å². The number of ketones is 1. The molecular formula is C41H66N8O9. The van der Waals surface area contributed by atoms with Crippen molar-refractivity contribution in [1.29, 1.82) is 0 Å². The number of aliphatic hydroxyl groups is 1. The van der Waals surface area contributed by atoms with Crippen molar-refractivity contribution in [3.63, 3.8) is 0 Å². The first-order valence-corrected chi connectivity index (χ1v) is 20.7. The monoisotopic (exact) mass is 814 g/mol. The highest BCUT2D eigenvalue weighted by Crippen LogP contribution is 2.37. The van der Waals surface area contributed by atoms with Crippen molar-refractivity contribution in [2.45, 2.75) is 141 Å². The van der Waals surface area contributed by atoms with Crippen molar-refractivity contribution in [2.75, 3.05) is 32.5 Å². The Morgan fingerprint density at radius 2 is 1.79 bits per heavy atom. The predicted molar refractivity (Wildman–Crippen MR) is 216 cm³/mol. The van der Waals surface area contributed by atoms with Gasteiger partial charge >= 0.3 is 12.1 Å². The van der Waals surface area contributed by atoms with E-state index in [0.29, 0.717) is 51.0 Å². The quantitative estimate of drug-likeness (QED) is 0.0948.